The molecule has 0 spiro atoms. The Bertz CT molecular complexity index is 381. The normalized spacial score (nSPS) is 50.2. The number of fused-ring (bicyclic) bond motifs is 2. The average molecular weight is 239 g/mol. The van der Waals surface area contributed by atoms with Crippen LogP contribution in [0.4, 0.5) is 0 Å². The van der Waals surface area contributed by atoms with Crippen molar-refractivity contribution in [3.63, 3.8) is 0 Å². The number of hydrogen-bond donors (Lipinski definition) is 0. The molecule has 5 atom stereocenters. The second-order valence-corrected chi connectivity index (χ2v) is 5.72. The summed E-state index contributed by atoms with van der Waals surface area (Å²) in [7, 11) is 0. The molecule has 1 aliphatic carbocycles. The molecule has 0 bridgehead atoms. The van der Waals surface area contributed by atoms with Crippen molar-refractivity contribution in [2.24, 2.45) is 11.1 Å². The molecule has 4 aliphatic rings. The van der Waals surface area contributed by atoms with E-state index in [1.807, 2.05) is 13.8 Å². The van der Waals surface area contributed by atoms with E-state index in [1.165, 1.54) is 0 Å². The van der Waals surface area contributed by atoms with Gasteiger partial charge in [-0.2, -0.15) is 0 Å². The largest absolute Gasteiger partial charge is 0.389 e. The minimum absolute atomic E-state index is 0.0121. The van der Waals surface area contributed by atoms with E-state index in [0.717, 1.165) is 18.6 Å². The molecular weight excluding hydrogens is 222 g/mol. The molecule has 0 amide bonds. The van der Waals surface area contributed by atoms with E-state index in [2.05, 4.69) is 5.16 Å². The van der Waals surface area contributed by atoms with Crippen LogP contribution in [0.3, 0.4) is 0 Å². The first-order chi connectivity index (χ1) is 8.14. The van der Waals surface area contributed by atoms with Gasteiger partial charge in [0, 0.05) is 0 Å². The lowest BCUT2D eigenvalue weighted by atomic mass is 9.87. The summed E-state index contributed by atoms with van der Waals surface area (Å²) in [6.07, 6.45) is 2.25. The lowest BCUT2D eigenvalue weighted by Crippen LogP contribution is -2.61. The van der Waals surface area contributed by atoms with Gasteiger partial charge in [0.25, 0.3) is 0 Å². The van der Waals surface area contributed by atoms with Crippen molar-refractivity contribution in [3.8, 4) is 0 Å². The Morgan fingerprint density at radius 2 is 2.12 bits per heavy atom. The zero-order valence-electron chi connectivity index (χ0n) is 10.1. The van der Waals surface area contributed by atoms with Gasteiger partial charge < -0.3 is 19.0 Å². The van der Waals surface area contributed by atoms with Gasteiger partial charge in [0.2, 0.25) is 0 Å². The first-order valence-electron chi connectivity index (χ1n) is 6.34. The highest BCUT2D eigenvalue weighted by molar-refractivity contribution is 5.90. The van der Waals surface area contributed by atoms with Gasteiger partial charge in [0.15, 0.2) is 11.9 Å². The van der Waals surface area contributed by atoms with Crippen LogP contribution in [-0.4, -0.2) is 42.5 Å². The van der Waals surface area contributed by atoms with Crippen LogP contribution < -0.4 is 0 Å². The molecule has 0 aromatic rings. The molecule has 1 saturated carbocycles. The third kappa shape index (κ3) is 1.39. The van der Waals surface area contributed by atoms with E-state index in [0.29, 0.717) is 12.5 Å². The average Bonchev–Trinajstić information content (AvgIpc) is 2.85. The zero-order chi connectivity index (χ0) is 11.6. The van der Waals surface area contributed by atoms with Crippen molar-refractivity contribution in [3.05, 3.63) is 0 Å². The summed E-state index contributed by atoms with van der Waals surface area (Å²) in [6.45, 7) is 4.44. The van der Waals surface area contributed by atoms with Crippen molar-refractivity contribution in [2.45, 2.75) is 56.9 Å². The molecular formula is C12H17NO4. The van der Waals surface area contributed by atoms with E-state index in [9.17, 15) is 0 Å². The lowest BCUT2D eigenvalue weighted by molar-refractivity contribution is -0.349. The molecule has 2 saturated heterocycles. The Morgan fingerprint density at radius 1 is 1.24 bits per heavy atom. The van der Waals surface area contributed by atoms with Gasteiger partial charge in [-0.25, -0.2) is 0 Å². The molecule has 0 N–H and O–H groups in total. The molecule has 3 aliphatic heterocycles. The first kappa shape index (κ1) is 10.3. The molecule has 0 aromatic heterocycles. The van der Waals surface area contributed by atoms with E-state index in [-0.39, 0.29) is 24.4 Å². The minimum Gasteiger partial charge on any atom is -0.389 e. The zero-order valence-corrected chi connectivity index (χ0v) is 10.1. The summed E-state index contributed by atoms with van der Waals surface area (Å²) >= 11 is 0. The maximum atomic E-state index is 6.08. The summed E-state index contributed by atoms with van der Waals surface area (Å²) < 4.78 is 17.7. The molecule has 0 unspecified atom stereocenters. The maximum Gasteiger partial charge on any atom is 0.166 e. The van der Waals surface area contributed by atoms with E-state index in [4.69, 9.17) is 19.0 Å². The molecule has 3 fully saturated rings. The first-order valence-corrected chi connectivity index (χ1v) is 6.34. The molecule has 5 heteroatoms. The van der Waals surface area contributed by atoms with E-state index < -0.39 is 5.79 Å². The fourth-order valence-electron chi connectivity index (χ4n) is 3.40. The van der Waals surface area contributed by atoms with Gasteiger partial charge in [-0.05, 0) is 26.7 Å². The monoisotopic (exact) mass is 239 g/mol. The predicted molar refractivity (Wildman–Crippen MR) is 58.6 cm³/mol. The van der Waals surface area contributed by atoms with Gasteiger partial charge >= 0.3 is 0 Å². The number of rotatable bonds is 0. The van der Waals surface area contributed by atoms with Gasteiger partial charge in [-0.15, -0.1) is 0 Å². The highest BCUT2D eigenvalue weighted by Gasteiger charge is 2.58. The van der Waals surface area contributed by atoms with Crippen LogP contribution in [0.1, 0.15) is 26.7 Å². The number of hydrogen-bond acceptors (Lipinski definition) is 5. The summed E-state index contributed by atoms with van der Waals surface area (Å²) in [5, 5.41) is 4.20. The van der Waals surface area contributed by atoms with Gasteiger partial charge in [-0.3, -0.25) is 0 Å². The Balaban J connectivity index is 1.64. The van der Waals surface area contributed by atoms with Crippen molar-refractivity contribution in [2.75, 3.05) is 6.61 Å². The van der Waals surface area contributed by atoms with Crippen LogP contribution in [-0.2, 0) is 19.0 Å². The number of ether oxygens (including phenoxy) is 3. The highest BCUT2D eigenvalue weighted by Crippen LogP contribution is 2.44. The fourth-order valence-corrected chi connectivity index (χ4v) is 3.40. The molecule has 0 radical (unpaired) electrons. The van der Waals surface area contributed by atoms with Crippen LogP contribution in [0.15, 0.2) is 5.16 Å². The van der Waals surface area contributed by atoms with E-state index in [1.54, 1.807) is 0 Å². The molecule has 4 rings (SSSR count). The summed E-state index contributed by atoms with van der Waals surface area (Å²) in [4.78, 5) is 5.58. The molecule has 17 heavy (non-hydrogen) atoms. The third-order valence-corrected chi connectivity index (χ3v) is 4.17. The quantitative estimate of drug-likeness (QED) is 0.634. The Labute approximate surface area is 100 Å². The minimum atomic E-state index is -0.553. The maximum absolute atomic E-state index is 6.08. The van der Waals surface area contributed by atoms with Crippen LogP contribution in [0, 0.1) is 5.92 Å². The number of oxime groups is 1. The van der Waals surface area contributed by atoms with Gasteiger partial charge in [-0.1, -0.05) is 5.16 Å². The van der Waals surface area contributed by atoms with Crippen molar-refractivity contribution in [1.29, 1.82) is 0 Å². The van der Waals surface area contributed by atoms with Crippen LogP contribution in [0.5, 0.6) is 0 Å². The smallest absolute Gasteiger partial charge is 0.166 e. The highest BCUT2D eigenvalue weighted by atomic mass is 16.7. The Kier molecular flexibility index (Phi) is 1.95. The summed E-state index contributed by atoms with van der Waals surface area (Å²) in [5.41, 5.74) is 1.16. The standard InChI is InChI=1S/C12H17NO4/c1-12(2)14-5-8-10(16-12)11-9-6(13-17-11)3-4-7(9)15-8/h7-11H,3-5H2,1-2H3/t7-,8-,9+,10-,11+/m0/s1. The van der Waals surface area contributed by atoms with Crippen LogP contribution >= 0.6 is 0 Å². The molecule has 3 heterocycles. The second kappa shape index (κ2) is 3.22. The van der Waals surface area contributed by atoms with Crippen molar-refractivity contribution in [1.82, 2.24) is 0 Å². The third-order valence-electron chi connectivity index (χ3n) is 4.17. The van der Waals surface area contributed by atoms with Crippen LogP contribution in [0.25, 0.3) is 0 Å². The van der Waals surface area contributed by atoms with Crippen molar-refractivity contribution >= 4 is 5.71 Å². The van der Waals surface area contributed by atoms with E-state index >= 15 is 0 Å². The van der Waals surface area contributed by atoms with Gasteiger partial charge in [0.05, 0.1) is 24.3 Å². The topological polar surface area (TPSA) is 49.3 Å². The lowest BCUT2D eigenvalue weighted by Gasteiger charge is -2.47. The molecule has 0 aromatic carbocycles. The Hall–Kier alpha value is -0.650. The fraction of sp³-hybridized carbons (Fsp3) is 0.917. The summed E-state index contributed by atoms with van der Waals surface area (Å²) in [5.74, 6) is -0.243. The SMILES string of the molecule is CC1(C)OC[C@@H]2O[C@H]3CCC4=NO[C@@H]([C@H]2O1)[C@H]43. The molecule has 94 valence electrons. The summed E-state index contributed by atoms with van der Waals surface area (Å²) in [6, 6.07) is 0. The second-order valence-electron chi connectivity index (χ2n) is 5.72. The van der Waals surface area contributed by atoms with Crippen LogP contribution in [0.2, 0.25) is 0 Å². The number of nitrogens with zero attached hydrogens (tertiary/aromatic N) is 1. The Morgan fingerprint density at radius 3 is 3.00 bits per heavy atom. The van der Waals surface area contributed by atoms with Crippen molar-refractivity contribution < 1.29 is 19.0 Å². The predicted octanol–water partition coefficient (Wildman–Crippen LogP) is 1.07. The molecule has 5 nitrogen and oxygen atoms in total. The van der Waals surface area contributed by atoms with Gasteiger partial charge in [0.1, 0.15) is 12.2 Å².